The highest BCUT2D eigenvalue weighted by atomic mass is 16.5. The number of hydrogen-bond acceptors (Lipinski definition) is 5. The molecule has 0 aliphatic heterocycles. The zero-order chi connectivity index (χ0) is 12.1. The van der Waals surface area contributed by atoms with Crippen LogP contribution in [0.3, 0.4) is 0 Å². The van der Waals surface area contributed by atoms with Crippen LogP contribution in [0.25, 0.3) is 5.65 Å². The maximum absolute atomic E-state index is 11.2. The van der Waals surface area contributed by atoms with Crippen molar-refractivity contribution in [3.05, 3.63) is 22.9 Å². The second kappa shape index (κ2) is 5.44. The minimum Gasteiger partial charge on any atom is -0.476 e. The van der Waals surface area contributed by atoms with Gasteiger partial charge in [-0.25, -0.2) is 19.3 Å². The molecule has 2 heterocycles. The Morgan fingerprint density at radius 2 is 2.41 bits per heavy atom. The summed E-state index contributed by atoms with van der Waals surface area (Å²) >= 11 is 0. The van der Waals surface area contributed by atoms with Crippen LogP contribution in [-0.4, -0.2) is 39.3 Å². The van der Waals surface area contributed by atoms with Crippen molar-refractivity contribution in [3.63, 3.8) is 0 Å². The van der Waals surface area contributed by atoms with Crippen LogP contribution in [0.5, 0.6) is 5.88 Å². The fourth-order valence-electron chi connectivity index (χ4n) is 1.40. The van der Waals surface area contributed by atoms with Crippen molar-refractivity contribution in [1.29, 1.82) is 0 Å². The minimum atomic E-state index is -0.302. The molecule has 7 heteroatoms. The molecule has 7 nitrogen and oxygen atoms in total. The third-order valence-electron chi connectivity index (χ3n) is 2.24. The molecule has 17 heavy (non-hydrogen) atoms. The fraction of sp³-hybridized carbons (Fsp3) is 0.500. The summed E-state index contributed by atoms with van der Waals surface area (Å²) in [4.78, 5) is 15.2. The highest BCUT2D eigenvalue weighted by molar-refractivity contribution is 5.38. The van der Waals surface area contributed by atoms with Crippen molar-refractivity contribution in [2.45, 2.75) is 13.3 Å². The number of nitrogens with one attached hydrogen (secondary N) is 2. The van der Waals surface area contributed by atoms with Gasteiger partial charge in [0.15, 0.2) is 5.65 Å². The minimum absolute atomic E-state index is 0.302. The van der Waals surface area contributed by atoms with E-state index >= 15 is 0 Å². The predicted molar refractivity (Wildman–Crippen MR) is 62.3 cm³/mol. The summed E-state index contributed by atoms with van der Waals surface area (Å²) in [5, 5.41) is 9.38. The van der Waals surface area contributed by atoms with Crippen LogP contribution in [0.4, 0.5) is 0 Å². The van der Waals surface area contributed by atoms with Crippen molar-refractivity contribution in [2.24, 2.45) is 0 Å². The molecule has 0 saturated heterocycles. The van der Waals surface area contributed by atoms with Crippen molar-refractivity contribution in [1.82, 2.24) is 24.9 Å². The van der Waals surface area contributed by atoms with Gasteiger partial charge in [0.05, 0.1) is 0 Å². The summed E-state index contributed by atoms with van der Waals surface area (Å²) in [5.41, 5.74) is 0.199. The lowest BCUT2D eigenvalue weighted by atomic mass is 10.5. The molecule has 2 N–H and O–H groups in total. The Hall–Kier alpha value is -1.89. The molecule has 92 valence electrons. The molecule has 0 aliphatic rings. The van der Waals surface area contributed by atoms with E-state index in [0.717, 1.165) is 19.5 Å². The Bertz CT molecular complexity index is 533. The number of aromatic nitrogens is 4. The van der Waals surface area contributed by atoms with E-state index in [9.17, 15) is 4.79 Å². The van der Waals surface area contributed by atoms with E-state index < -0.39 is 0 Å². The smallest absolute Gasteiger partial charge is 0.348 e. The predicted octanol–water partition coefficient (Wildman–Crippen LogP) is -0.204. The van der Waals surface area contributed by atoms with Crippen molar-refractivity contribution in [3.8, 4) is 5.88 Å². The molecule has 0 radical (unpaired) electrons. The maximum atomic E-state index is 11.2. The first-order valence-corrected chi connectivity index (χ1v) is 5.57. The topological polar surface area (TPSA) is 84.3 Å². The van der Waals surface area contributed by atoms with E-state index in [0.29, 0.717) is 18.1 Å². The highest BCUT2D eigenvalue weighted by Gasteiger charge is 2.02. The average Bonchev–Trinajstić information content (AvgIpc) is 2.71. The Morgan fingerprint density at radius 3 is 3.24 bits per heavy atom. The number of rotatable bonds is 6. The van der Waals surface area contributed by atoms with Gasteiger partial charge < -0.3 is 10.1 Å². The van der Waals surface area contributed by atoms with Crippen LogP contribution in [-0.2, 0) is 0 Å². The lowest BCUT2D eigenvalue weighted by molar-refractivity contribution is 0.302. The van der Waals surface area contributed by atoms with Gasteiger partial charge in [-0.2, -0.15) is 5.10 Å². The molecule has 0 atom stereocenters. The van der Waals surface area contributed by atoms with E-state index in [1.165, 1.54) is 10.7 Å². The summed E-state index contributed by atoms with van der Waals surface area (Å²) in [6.07, 6.45) is 2.50. The summed E-state index contributed by atoms with van der Waals surface area (Å²) in [6.45, 7) is 4.40. The van der Waals surface area contributed by atoms with Crippen LogP contribution in [0.15, 0.2) is 17.2 Å². The first-order chi connectivity index (χ1) is 8.31. The normalized spacial score (nSPS) is 10.9. The van der Waals surface area contributed by atoms with Gasteiger partial charge in [0.25, 0.3) is 0 Å². The number of fused-ring (bicyclic) bond motifs is 1. The van der Waals surface area contributed by atoms with Gasteiger partial charge in [-0.3, -0.25) is 0 Å². The zero-order valence-corrected chi connectivity index (χ0v) is 9.64. The van der Waals surface area contributed by atoms with Gasteiger partial charge in [-0.1, -0.05) is 6.92 Å². The molecular formula is C10H15N5O2. The highest BCUT2D eigenvalue weighted by Crippen LogP contribution is 2.06. The molecule has 0 unspecified atom stereocenters. The first kappa shape index (κ1) is 11.6. The lowest BCUT2D eigenvalue weighted by Gasteiger charge is -2.05. The van der Waals surface area contributed by atoms with Crippen molar-refractivity contribution < 1.29 is 4.74 Å². The Balaban J connectivity index is 1.93. The summed E-state index contributed by atoms with van der Waals surface area (Å²) < 4.78 is 6.75. The summed E-state index contributed by atoms with van der Waals surface area (Å²) in [5.74, 6) is 0.467. The van der Waals surface area contributed by atoms with Gasteiger partial charge in [0, 0.05) is 12.6 Å². The largest absolute Gasteiger partial charge is 0.476 e. The third kappa shape index (κ3) is 2.82. The zero-order valence-electron chi connectivity index (χ0n) is 9.64. The molecule has 0 amide bonds. The lowest BCUT2D eigenvalue weighted by Crippen LogP contribution is -2.21. The first-order valence-electron chi connectivity index (χ1n) is 5.57. The third-order valence-corrected chi connectivity index (χ3v) is 2.24. The monoisotopic (exact) mass is 237 g/mol. The summed E-state index contributed by atoms with van der Waals surface area (Å²) in [7, 11) is 0. The van der Waals surface area contributed by atoms with Crippen LogP contribution in [0.1, 0.15) is 13.3 Å². The van der Waals surface area contributed by atoms with E-state index in [-0.39, 0.29) is 5.69 Å². The van der Waals surface area contributed by atoms with Crippen molar-refractivity contribution in [2.75, 3.05) is 19.7 Å². The fourth-order valence-corrected chi connectivity index (χ4v) is 1.40. The van der Waals surface area contributed by atoms with Crippen molar-refractivity contribution >= 4 is 5.65 Å². The van der Waals surface area contributed by atoms with Gasteiger partial charge in [0.1, 0.15) is 12.9 Å². The number of nitrogens with zero attached hydrogens (tertiary/aromatic N) is 3. The van der Waals surface area contributed by atoms with E-state index in [1.54, 1.807) is 6.07 Å². The van der Waals surface area contributed by atoms with E-state index in [4.69, 9.17) is 4.74 Å². The van der Waals surface area contributed by atoms with E-state index in [1.807, 2.05) is 0 Å². The second-order valence-corrected chi connectivity index (χ2v) is 3.58. The molecular weight excluding hydrogens is 222 g/mol. The molecule has 2 rings (SSSR count). The number of ether oxygens (including phenoxy) is 1. The van der Waals surface area contributed by atoms with Gasteiger partial charge in [-0.15, -0.1) is 0 Å². The molecule has 0 bridgehead atoms. The Morgan fingerprint density at radius 1 is 1.53 bits per heavy atom. The van der Waals surface area contributed by atoms with E-state index in [2.05, 4.69) is 27.4 Å². The molecule has 0 saturated carbocycles. The standard InChI is InChI=1S/C10H15N5O2/c1-2-3-11-4-5-17-9-6-8-13-14-10(16)15(8)7-12-9/h6-7,11H,2-5H2,1H3,(H,14,16). The number of aromatic amines is 1. The SMILES string of the molecule is CCCNCCOc1cc2n[nH]c(=O)n2cn1. The van der Waals surface area contributed by atoms with Crippen LogP contribution in [0.2, 0.25) is 0 Å². The van der Waals surface area contributed by atoms with Crippen LogP contribution in [0, 0.1) is 0 Å². The Labute approximate surface area is 97.8 Å². The second-order valence-electron chi connectivity index (χ2n) is 3.58. The number of hydrogen-bond donors (Lipinski definition) is 2. The summed E-state index contributed by atoms with van der Waals surface area (Å²) in [6, 6.07) is 1.62. The van der Waals surface area contributed by atoms with Gasteiger partial charge in [0.2, 0.25) is 5.88 Å². The maximum Gasteiger partial charge on any atom is 0.348 e. The molecule has 0 aliphatic carbocycles. The quantitative estimate of drug-likeness (QED) is 0.679. The Kier molecular flexibility index (Phi) is 3.71. The molecule has 2 aromatic heterocycles. The van der Waals surface area contributed by atoms with Crippen LogP contribution < -0.4 is 15.7 Å². The molecule has 0 aromatic carbocycles. The van der Waals surface area contributed by atoms with Crippen LogP contribution >= 0.6 is 0 Å². The molecule has 2 aromatic rings. The average molecular weight is 237 g/mol. The molecule has 0 spiro atoms. The van der Waals surface area contributed by atoms with Gasteiger partial charge in [-0.05, 0) is 13.0 Å². The van der Waals surface area contributed by atoms with Gasteiger partial charge >= 0.3 is 5.69 Å². The number of H-pyrrole nitrogens is 1. The molecule has 0 fully saturated rings.